The van der Waals surface area contributed by atoms with E-state index in [9.17, 15) is 17.6 Å². The van der Waals surface area contributed by atoms with Crippen LogP contribution >= 0.6 is 0 Å². The minimum Gasteiger partial charge on any atom is -0.374 e. The average molecular weight is 293 g/mol. The standard InChI is InChI=1S/C14H19F4NO/c1-5-20-13(2,3)12(19-4)9-6-7-10(11(15)8-9)14(16,17)18/h6-8,12,19H,5H2,1-4H3. The second-order valence-electron chi connectivity index (χ2n) is 5.00. The van der Waals surface area contributed by atoms with Crippen molar-refractivity contribution in [2.24, 2.45) is 0 Å². The van der Waals surface area contributed by atoms with Crippen molar-refractivity contribution in [3.05, 3.63) is 35.1 Å². The highest BCUT2D eigenvalue weighted by Gasteiger charge is 2.36. The van der Waals surface area contributed by atoms with Gasteiger partial charge in [0.15, 0.2) is 0 Å². The molecule has 6 heteroatoms. The first-order valence-corrected chi connectivity index (χ1v) is 6.31. The third-order valence-corrected chi connectivity index (χ3v) is 3.13. The first kappa shape index (κ1) is 16.9. The molecule has 0 spiro atoms. The number of halogens is 4. The number of hydrogen-bond donors (Lipinski definition) is 1. The molecule has 1 atom stereocenters. The van der Waals surface area contributed by atoms with Gasteiger partial charge in [0.2, 0.25) is 0 Å². The van der Waals surface area contributed by atoms with E-state index in [2.05, 4.69) is 5.32 Å². The lowest BCUT2D eigenvalue weighted by atomic mass is 9.91. The molecule has 0 fully saturated rings. The summed E-state index contributed by atoms with van der Waals surface area (Å²) >= 11 is 0. The molecule has 2 nitrogen and oxygen atoms in total. The molecule has 0 aliphatic carbocycles. The third-order valence-electron chi connectivity index (χ3n) is 3.13. The quantitative estimate of drug-likeness (QED) is 0.831. The van der Waals surface area contributed by atoms with Crippen molar-refractivity contribution >= 4 is 0 Å². The monoisotopic (exact) mass is 293 g/mol. The zero-order valence-electron chi connectivity index (χ0n) is 11.9. The maximum Gasteiger partial charge on any atom is 0.419 e. The summed E-state index contributed by atoms with van der Waals surface area (Å²) in [6.07, 6.45) is -4.69. The van der Waals surface area contributed by atoms with Crippen molar-refractivity contribution in [2.45, 2.75) is 38.6 Å². The summed E-state index contributed by atoms with van der Waals surface area (Å²) in [5.74, 6) is -1.28. The fraction of sp³-hybridized carbons (Fsp3) is 0.571. The summed E-state index contributed by atoms with van der Waals surface area (Å²) in [5, 5.41) is 2.96. The number of rotatable bonds is 5. The van der Waals surface area contributed by atoms with Gasteiger partial charge >= 0.3 is 6.18 Å². The molecule has 0 aliphatic heterocycles. The van der Waals surface area contributed by atoms with Gasteiger partial charge in [-0.25, -0.2) is 4.39 Å². The molecule has 0 heterocycles. The Bertz CT molecular complexity index is 457. The SMILES string of the molecule is CCOC(C)(C)C(NC)c1ccc(C(F)(F)F)c(F)c1. The highest BCUT2D eigenvalue weighted by atomic mass is 19.4. The van der Waals surface area contributed by atoms with Crippen molar-refractivity contribution < 1.29 is 22.3 Å². The molecular formula is C14H19F4NO. The molecule has 0 bridgehead atoms. The molecule has 114 valence electrons. The molecular weight excluding hydrogens is 274 g/mol. The lowest BCUT2D eigenvalue weighted by Gasteiger charge is -2.34. The Morgan fingerprint density at radius 1 is 1.25 bits per heavy atom. The molecule has 0 aromatic heterocycles. The molecule has 0 saturated carbocycles. The number of ether oxygens (including phenoxy) is 1. The Morgan fingerprint density at radius 3 is 2.25 bits per heavy atom. The first-order chi connectivity index (χ1) is 9.13. The number of alkyl halides is 3. The normalized spacial score (nSPS) is 14.4. The van der Waals surface area contributed by atoms with Gasteiger partial charge in [-0.1, -0.05) is 6.07 Å². The van der Waals surface area contributed by atoms with Crippen molar-refractivity contribution in [3.63, 3.8) is 0 Å². The van der Waals surface area contributed by atoms with Crippen LogP contribution in [0.1, 0.15) is 37.9 Å². The van der Waals surface area contributed by atoms with Crippen LogP contribution in [-0.2, 0) is 10.9 Å². The van der Waals surface area contributed by atoms with Crippen LogP contribution in [0.2, 0.25) is 0 Å². The molecule has 1 rings (SSSR count). The minimum atomic E-state index is -4.69. The second-order valence-corrected chi connectivity index (χ2v) is 5.00. The smallest absolute Gasteiger partial charge is 0.374 e. The summed E-state index contributed by atoms with van der Waals surface area (Å²) in [5.41, 5.74) is -1.52. The summed E-state index contributed by atoms with van der Waals surface area (Å²) < 4.78 is 56.8. The fourth-order valence-electron chi connectivity index (χ4n) is 2.31. The Morgan fingerprint density at radius 2 is 1.85 bits per heavy atom. The van der Waals surface area contributed by atoms with Gasteiger partial charge in [-0.3, -0.25) is 0 Å². The van der Waals surface area contributed by atoms with E-state index < -0.39 is 29.2 Å². The van der Waals surface area contributed by atoms with E-state index in [0.29, 0.717) is 12.2 Å². The van der Waals surface area contributed by atoms with Crippen LogP contribution in [-0.4, -0.2) is 19.3 Å². The molecule has 1 N–H and O–H groups in total. The predicted molar refractivity (Wildman–Crippen MR) is 68.9 cm³/mol. The minimum absolute atomic E-state index is 0.413. The molecule has 0 radical (unpaired) electrons. The predicted octanol–water partition coefficient (Wildman–Crippen LogP) is 3.92. The van der Waals surface area contributed by atoms with Gasteiger partial charge in [-0.15, -0.1) is 0 Å². The largest absolute Gasteiger partial charge is 0.419 e. The Hall–Kier alpha value is -1.14. The molecule has 0 saturated heterocycles. The van der Waals surface area contributed by atoms with Gasteiger partial charge in [-0.05, 0) is 45.5 Å². The van der Waals surface area contributed by atoms with Gasteiger partial charge < -0.3 is 10.1 Å². The van der Waals surface area contributed by atoms with Crippen molar-refractivity contribution in [1.29, 1.82) is 0 Å². The number of likely N-dealkylation sites (N-methyl/N-ethyl adjacent to an activating group) is 1. The molecule has 1 aromatic rings. The van der Waals surface area contributed by atoms with Crippen molar-refractivity contribution in [1.82, 2.24) is 5.32 Å². The van der Waals surface area contributed by atoms with E-state index in [4.69, 9.17) is 4.74 Å². The van der Waals surface area contributed by atoms with Gasteiger partial charge in [0.25, 0.3) is 0 Å². The molecule has 20 heavy (non-hydrogen) atoms. The van der Waals surface area contributed by atoms with Crippen LogP contribution in [0.3, 0.4) is 0 Å². The van der Waals surface area contributed by atoms with Crippen molar-refractivity contribution in [3.8, 4) is 0 Å². The number of hydrogen-bond acceptors (Lipinski definition) is 2. The summed E-state index contributed by atoms with van der Waals surface area (Å²) in [6.45, 7) is 5.87. The maximum atomic E-state index is 13.6. The van der Waals surface area contributed by atoms with E-state index in [-0.39, 0.29) is 0 Å². The van der Waals surface area contributed by atoms with Crippen LogP contribution in [0.25, 0.3) is 0 Å². The molecule has 1 unspecified atom stereocenters. The van der Waals surface area contributed by atoms with Gasteiger partial charge in [0, 0.05) is 6.61 Å². The Labute approximate surface area is 116 Å². The van der Waals surface area contributed by atoms with Gasteiger partial charge in [0.1, 0.15) is 5.82 Å². The summed E-state index contributed by atoms with van der Waals surface area (Å²) in [4.78, 5) is 0. The van der Waals surface area contributed by atoms with Crippen LogP contribution in [0, 0.1) is 5.82 Å². The molecule has 0 aliphatic rings. The van der Waals surface area contributed by atoms with Crippen LogP contribution in [0.4, 0.5) is 17.6 Å². The van der Waals surface area contributed by atoms with E-state index in [1.165, 1.54) is 6.07 Å². The summed E-state index contributed by atoms with van der Waals surface area (Å²) in [6, 6.07) is 2.52. The molecule has 1 aromatic carbocycles. The Balaban J connectivity index is 3.16. The maximum absolute atomic E-state index is 13.6. The fourth-order valence-corrected chi connectivity index (χ4v) is 2.31. The van der Waals surface area contributed by atoms with E-state index in [1.807, 2.05) is 6.92 Å². The zero-order chi connectivity index (χ0) is 15.6. The van der Waals surface area contributed by atoms with Gasteiger partial charge in [0.05, 0.1) is 17.2 Å². The number of benzene rings is 1. The first-order valence-electron chi connectivity index (χ1n) is 6.31. The highest BCUT2D eigenvalue weighted by molar-refractivity contribution is 5.30. The lowest BCUT2D eigenvalue weighted by molar-refractivity contribution is -0.140. The zero-order valence-corrected chi connectivity index (χ0v) is 11.9. The van der Waals surface area contributed by atoms with Crippen LogP contribution in [0.5, 0.6) is 0 Å². The lowest BCUT2D eigenvalue weighted by Crippen LogP contribution is -2.40. The van der Waals surface area contributed by atoms with Crippen LogP contribution in [0.15, 0.2) is 18.2 Å². The highest BCUT2D eigenvalue weighted by Crippen LogP contribution is 2.34. The number of nitrogens with one attached hydrogen (secondary N) is 1. The topological polar surface area (TPSA) is 21.3 Å². The van der Waals surface area contributed by atoms with Crippen molar-refractivity contribution in [2.75, 3.05) is 13.7 Å². The van der Waals surface area contributed by atoms with Gasteiger partial charge in [-0.2, -0.15) is 13.2 Å². The van der Waals surface area contributed by atoms with E-state index >= 15 is 0 Å². The second kappa shape index (κ2) is 6.10. The van der Waals surface area contributed by atoms with E-state index in [0.717, 1.165) is 12.1 Å². The summed E-state index contributed by atoms with van der Waals surface area (Å²) in [7, 11) is 1.65. The van der Waals surface area contributed by atoms with E-state index in [1.54, 1.807) is 20.9 Å². The van der Waals surface area contributed by atoms with Crippen LogP contribution < -0.4 is 5.32 Å². The Kier molecular flexibility index (Phi) is 5.15. The molecule has 0 amide bonds. The third kappa shape index (κ3) is 3.70. The average Bonchev–Trinajstić information content (AvgIpc) is 2.27.